The average Bonchev–Trinajstić information content (AvgIpc) is 2.56. The zero-order chi connectivity index (χ0) is 17.7. The summed E-state index contributed by atoms with van der Waals surface area (Å²) in [6.07, 6.45) is 0.301. The van der Waals surface area contributed by atoms with E-state index in [2.05, 4.69) is 43.4 Å². The highest BCUT2D eigenvalue weighted by atomic mass is 16.5. The van der Waals surface area contributed by atoms with Crippen LogP contribution in [0.25, 0.3) is 0 Å². The molecule has 1 N–H and O–H groups in total. The first-order valence-electron chi connectivity index (χ1n) is 8.51. The molecule has 0 saturated heterocycles. The second kappa shape index (κ2) is 8.00. The van der Waals surface area contributed by atoms with Gasteiger partial charge >= 0.3 is 0 Å². The molecule has 0 aliphatic heterocycles. The molecular formula is C21H27NO2. The molecule has 2 rings (SSSR count). The molecule has 0 aliphatic carbocycles. The van der Waals surface area contributed by atoms with Crippen molar-refractivity contribution >= 4 is 5.91 Å². The van der Waals surface area contributed by atoms with Gasteiger partial charge in [0.15, 0.2) is 6.10 Å². The maximum Gasteiger partial charge on any atom is 0.261 e. The van der Waals surface area contributed by atoms with E-state index in [1.807, 2.05) is 32.0 Å². The standard InChI is InChI=1S/C21H27NO2/c1-6-19(18-11-8-14(2)9-12-18)22-21(23)17(5)24-20-13-15(3)7-10-16(20)4/h7-13,17,19H,6H2,1-5H3,(H,22,23)/t17-,19-/m0/s1. The Balaban J connectivity index is 2.04. The Hall–Kier alpha value is -2.29. The van der Waals surface area contributed by atoms with Crippen LogP contribution >= 0.6 is 0 Å². The molecule has 0 aromatic heterocycles. The predicted molar refractivity (Wildman–Crippen MR) is 98.4 cm³/mol. The lowest BCUT2D eigenvalue weighted by Crippen LogP contribution is -2.38. The zero-order valence-corrected chi connectivity index (χ0v) is 15.2. The van der Waals surface area contributed by atoms with Crippen LogP contribution in [0.3, 0.4) is 0 Å². The summed E-state index contributed by atoms with van der Waals surface area (Å²) in [6, 6.07) is 14.3. The van der Waals surface area contributed by atoms with Crippen LogP contribution in [0, 0.1) is 20.8 Å². The summed E-state index contributed by atoms with van der Waals surface area (Å²) >= 11 is 0. The van der Waals surface area contributed by atoms with Gasteiger partial charge in [-0.2, -0.15) is 0 Å². The molecule has 3 nitrogen and oxygen atoms in total. The second-order valence-corrected chi connectivity index (χ2v) is 6.41. The normalized spacial score (nSPS) is 13.2. The molecule has 1 amide bonds. The maximum atomic E-state index is 12.5. The monoisotopic (exact) mass is 325 g/mol. The minimum absolute atomic E-state index is 0.00255. The average molecular weight is 325 g/mol. The number of rotatable bonds is 6. The fourth-order valence-corrected chi connectivity index (χ4v) is 2.59. The van der Waals surface area contributed by atoms with E-state index in [0.29, 0.717) is 0 Å². The largest absolute Gasteiger partial charge is 0.481 e. The van der Waals surface area contributed by atoms with Crippen LogP contribution in [0.15, 0.2) is 42.5 Å². The quantitative estimate of drug-likeness (QED) is 0.840. The number of aryl methyl sites for hydroxylation is 3. The van der Waals surface area contributed by atoms with E-state index in [1.54, 1.807) is 6.92 Å². The van der Waals surface area contributed by atoms with Gasteiger partial charge in [0, 0.05) is 0 Å². The van der Waals surface area contributed by atoms with Crippen molar-refractivity contribution in [3.05, 3.63) is 64.7 Å². The van der Waals surface area contributed by atoms with Gasteiger partial charge in [0.25, 0.3) is 5.91 Å². The lowest BCUT2D eigenvalue weighted by atomic mass is 10.0. The summed E-state index contributed by atoms with van der Waals surface area (Å²) in [5, 5.41) is 3.09. The SMILES string of the molecule is CC[C@H](NC(=O)[C@H](C)Oc1cc(C)ccc1C)c1ccc(C)cc1. The molecule has 3 heteroatoms. The second-order valence-electron chi connectivity index (χ2n) is 6.41. The fraction of sp³-hybridized carbons (Fsp3) is 0.381. The molecule has 0 radical (unpaired) electrons. The van der Waals surface area contributed by atoms with Gasteiger partial charge in [-0.25, -0.2) is 0 Å². The minimum Gasteiger partial charge on any atom is -0.481 e. The van der Waals surface area contributed by atoms with E-state index in [1.165, 1.54) is 5.56 Å². The van der Waals surface area contributed by atoms with E-state index in [0.717, 1.165) is 28.9 Å². The van der Waals surface area contributed by atoms with Crippen molar-refractivity contribution in [1.29, 1.82) is 0 Å². The summed E-state index contributed by atoms with van der Waals surface area (Å²) in [5.41, 5.74) is 4.49. The first kappa shape index (κ1) is 18.1. The third-order valence-electron chi connectivity index (χ3n) is 4.22. The maximum absolute atomic E-state index is 12.5. The van der Waals surface area contributed by atoms with Gasteiger partial charge in [-0.3, -0.25) is 4.79 Å². The molecule has 2 aromatic carbocycles. The highest BCUT2D eigenvalue weighted by Crippen LogP contribution is 2.21. The van der Waals surface area contributed by atoms with Crippen LogP contribution in [-0.2, 0) is 4.79 Å². The van der Waals surface area contributed by atoms with Gasteiger partial charge in [0.2, 0.25) is 0 Å². The Morgan fingerprint density at radius 2 is 1.67 bits per heavy atom. The first-order chi connectivity index (χ1) is 11.4. The molecule has 0 bridgehead atoms. The van der Waals surface area contributed by atoms with Gasteiger partial charge < -0.3 is 10.1 Å². The van der Waals surface area contributed by atoms with Crippen molar-refractivity contribution in [2.24, 2.45) is 0 Å². The molecule has 0 unspecified atom stereocenters. The van der Waals surface area contributed by atoms with E-state index in [9.17, 15) is 4.79 Å². The molecule has 24 heavy (non-hydrogen) atoms. The number of carbonyl (C=O) groups is 1. The topological polar surface area (TPSA) is 38.3 Å². The lowest BCUT2D eigenvalue weighted by molar-refractivity contribution is -0.128. The molecule has 0 fully saturated rings. The fourth-order valence-electron chi connectivity index (χ4n) is 2.59. The Morgan fingerprint density at radius 3 is 2.29 bits per heavy atom. The van der Waals surface area contributed by atoms with E-state index >= 15 is 0 Å². The molecule has 2 atom stereocenters. The summed E-state index contributed by atoms with van der Waals surface area (Å²) in [4.78, 5) is 12.5. The van der Waals surface area contributed by atoms with Crippen LogP contribution in [0.2, 0.25) is 0 Å². The lowest BCUT2D eigenvalue weighted by Gasteiger charge is -2.22. The minimum atomic E-state index is -0.537. The first-order valence-corrected chi connectivity index (χ1v) is 8.51. The molecule has 0 aliphatic rings. The summed E-state index contributed by atoms with van der Waals surface area (Å²) in [6.45, 7) is 9.92. The van der Waals surface area contributed by atoms with Crippen molar-refractivity contribution < 1.29 is 9.53 Å². The van der Waals surface area contributed by atoms with Crippen molar-refractivity contribution in [2.45, 2.75) is 53.2 Å². The predicted octanol–water partition coefficient (Wildman–Crippen LogP) is 4.65. The van der Waals surface area contributed by atoms with Crippen molar-refractivity contribution in [3.8, 4) is 5.75 Å². The molecule has 0 spiro atoms. The van der Waals surface area contributed by atoms with Crippen molar-refractivity contribution in [1.82, 2.24) is 5.32 Å². The van der Waals surface area contributed by atoms with Gasteiger partial charge in [0.05, 0.1) is 6.04 Å². The van der Waals surface area contributed by atoms with Gasteiger partial charge in [0.1, 0.15) is 5.75 Å². The van der Waals surface area contributed by atoms with Crippen LogP contribution < -0.4 is 10.1 Å². The van der Waals surface area contributed by atoms with Crippen LogP contribution in [0.1, 0.15) is 48.6 Å². The van der Waals surface area contributed by atoms with Gasteiger partial charge in [-0.1, -0.05) is 48.9 Å². The Morgan fingerprint density at radius 1 is 1.04 bits per heavy atom. The highest BCUT2D eigenvalue weighted by molar-refractivity contribution is 5.81. The Bertz CT molecular complexity index is 691. The Labute approximate surface area is 145 Å². The number of ether oxygens (including phenoxy) is 1. The third-order valence-corrected chi connectivity index (χ3v) is 4.22. The van der Waals surface area contributed by atoms with Crippen molar-refractivity contribution in [2.75, 3.05) is 0 Å². The van der Waals surface area contributed by atoms with E-state index in [4.69, 9.17) is 4.74 Å². The number of amides is 1. The van der Waals surface area contributed by atoms with E-state index < -0.39 is 6.10 Å². The number of hydrogen-bond acceptors (Lipinski definition) is 2. The summed E-state index contributed by atoms with van der Waals surface area (Å²) in [5.74, 6) is 0.671. The zero-order valence-electron chi connectivity index (χ0n) is 15.2. The summed E-state index contributed by atoms with van der Waals surface area (Å²) in [7, 11) is 0. The summed E-state index contributed by atoms with van der Waals surface area (Å²) < 4.78 is 5.88. The number of benzene rings is 2. The molecule has 0 heterocycles. The molecule has 0 saturated carbocycles. The van der Waals surface area contributed by atoms with Gasteiger partial charge in [-0.05, 0) is 56.9 Å². The number of carbonyl (C=O) groups excluding carboxylic acids is 1. The van der Waals surface area contributed by atoms with E-state index in [-0.39, 0.29) is 11.9 Å². The number of hydrogen-bond donors (Lipinski definition) is 1. The highest BCUT2D eigenvalue weighted by Gasteiger charge is 2.20. The number of nitrogens with one attached hydrogen (secondary N) is 1. The third kappa shape index (κ3) is 4.60. The van der Waals surface area contributed by atoms with Crippen LogP contribution in [-0.4, -0.2) is 12.0 Å². The smallest absolute Gasteiger partial charge is 0.261 e. The van der Waals surface area contributed by atoms with Crippen LogP contribution in [0.4, 0.5) is 0 Å². The molecule has 2 aromatic rings. The molecule has 128 valence electrons. The molecular weight excluding hydrogens is 298 g/mol. The Kier molecular flexibility index (Phi) is 6.02. The van der Waals surface area contributed by atoms with Gasteiger partial charge in [-0.15, -0.1) is 0 Å². The van der Waals surface area contributed by atoms with Crippen LogP contribution in [0.5, 0.6) is 5.75 Å². The van der Waals surface area contributed by atoms with Crippen molar-refractivity contribution in [3.63, 3.8) is 0 Å².